The number of fused-ring (bicyclic) bond motifs is 1. The third kappa shape index (κ3) is 2.35. The fourth-order valence-electron chi connectivity index (χ4n) is 6.07. The van der Waals surface area contributed by atoms with Crippen LogP contribution in [0.5, 0.6) is 0 Å². The van der Waals surface area contributed by atoms with Crippen molar-refractivity contribution in [2.45, 2.75) is 44.9 Å². The van der Waals surface area contributed by atoms with Crippen molar-refractivity contribution in [3.05, 3.63) is 24.4 Å². The van der Waals surface area contributed by atoms with Gasteiger partial charge in [-0.25, -0.2) is 0 Å². The highest BCUT2D eigenvalue weighted by molar-refractivity contribution is 5.93. The molecule has 4 heteroatoms. The zero-order chi connectivity index (χ0) is 15.4. The molecular weight excluding hydrogens is 286 g/mol. The number of carbonyl (C=O) groups excluding carboxylic acids is 1. The van der Waals surface area contributed by atoms with Crippen LogP contribution in [0.25, 0.3) is 10.9 Å². The zero-order valence-corrected chi connectivity index (χ0v) is 13.3. The monoisotopic (exact) mass is 309 g/mol. The number of hydrogen-bond acceptors (Lipinski definition) is 2. The molecule has 2 N–H and O–H groups in total. The average Bonchev–Trinajstić information content (AvgIpc) is 2.92. The lowest BCUT2D eigenvalue weighted by Crippen LogP contribution is -2.47. The van der Waals surface area contributed by atoms with Crippen LogP contribution in [-0.4, -0.2) is 16.1 Å². The molecule has 4 nitrogen and oxygen atoms in total. The summed E-state index contributed by atoms with van der Waals surface area (Å²) in [6, 6.07) is 5.94. The molecule has 1 aromatic carbocycles. The Kier molecular flexibility index (Phi) is 2.85. The van der Waals surface area contributed by atoms with Gasteiger partial charge < -0.3 is 5.32 Å². The largest absolute Gasteiger partial charge is 0.326 e. The molecule has 1 heterocycles. The van der Waals surface area contributed by atoms with Crippen LogP contribution in [0.2, 0.25) is 0 Å². The zero-order valence-electron chi connectivity index (χ0n) is 13.3. The molecule has 0 radical (unpaired) electrons. The van der Waals surface area contributed by atoms with Crippen molar-refractivity contribution in [2.75, 3.05) is 5.32 Å². The Morgan fingerprint density at radius 3 is 2.57 bits per heavy atom. The molecule has 4 bridgehead atoms. The number of rotatable bonds is 3. The van der Waals surface area contributed by atoms with Gasteiger partial charge in [0.15, 0.2) is 0 Å². The number of anilines is 1. The summed E-state index contributed by atoms with van der Waals surface area (Å²) in [4.78, 5) is 12.6. The molecule has 23 heavy (non-hydrogen) atoms. The molecule has 2 aromatic rings. The standard InChI is InChI=1S/C19H23N3O/c23-18(21-16-2-1-15-11-20-22-17(15)6-16)10-19-7-12-3-13(8-19)5-14(4-12)9-19/h1-2,6,11-14H,3-5,7-10H2,(H,20,22)(H,21,23). The van der Waals surface area contributed by atoms with Crippen LogP contribution in [0.1, 0.15) is 44.9 Å². The molecule has 1 amide bonds. The molecule has 6 rings (SSSR count). The molecule has 0 aliphatic heterocycles. The summed E-state index contributed by atoms with van der Waals surface area (Å²) in [5.74, 6) is 2.88. The number of carbonyl (C=O) groups is 1. The van der Waals surface area contributed by atoms with Crippen LogP contribution in [-0.2, 0) is 4.79 Å². The Labute approximate surface area is 136 Å². The Balaban J connectivity index is 1.31. The number of nitrogens with zero attached hydrogens (tertiary/aromatic N) is 1. The summed E-state index contributed by atoms with van der Waals surface area (Å²) in [5, 5.41) is 11.2. The Morgan fingerprint density at radius 1 is 1.17 bits per heavy atom. The topological polar surface area (TPSA) is 57.8 Å². The average molecular weight is 309 g/mol. The molecule has 4 aliphatic rings. The molecule has 0 saturated heterocycles. The molecule has 0 spiro atoms. The summed E-state index contributed by atoms with van der Waals surface area (Å²) in [6.07, 6.45) is 10.6. The van der Waals surface area contributed by atoms with Gasteiger partial charge in [0.05, 0.1) is 11.7 Å². The predicted molar refractivity (Wildman–Crippen MR) is 89.9 cm³/mol. The minimum absolute atomic E-state index is 0.186. The molecule has 0 atom stereocenters. The number of aromatic nitrogens is 2. The first-order valence-electron chi connectivity index (χ1n) is 8.90. The fraction of sp³-hybridized carbons (Fsp3) is 0.579. The van der Waals surface area contributed by atoms with Gasteiger partial charge in [0.2, 0.25) is 5.91 Å². The molecule has 1 aromatic heterocycles. The molecule has 4 fully saturated rings. The minimum atomic E-state index is 0.186. The van der Waals surface area contributed by atoms with Gasteiger partial charge >= 0.3 is 0 Å². The van der Waals surface area contributed by atoms with E-state index in [0.717, 1.165) is 34.3 Å². The predicted octanol–water partition coefficient (Wildman–Crippen LogP) is 4.11. The lowest BCUT2D eigenvalue weighted by molar-refractivity contribution is -0.124. The van der Waals surface area contributed by atoms with Crippen molar-refractivity contribution in [1.82, 2.24) is 10.2 Å². The Morgan fingerprint density at radius 2 is 1.87 bits per heavy atom. The second kappa shape index (κ2) is 4.83. The molecule has 120 valence electrons. The van der Waals surface area contributed by atoms with E-state index < -0.39 is 0 Å². The van der Waals surface area contributed by atoms with E-state index in [2.05, 4.69) is 15.5 Å². The number of H-pyrrole nitrogens is 1. The van der Waals surface area contributed by atoms with Crippen molar-refractivity contribution in [3.63, 3.8) is 0 Å². The van der Waals surface area contributed by atoms with Crippen molar-refractivity contribution >= 4 is 22.5 Å². The first-order valence-corrected chi connectivity index (χ1v) is 8.90. The van der Waals surface area contributed by atoms with Crippen LogP contribution < -0.4 is 5.32 Å². The summed E-state index contributed by atoms with van der Waals surface area (Å²) >= 11 is 0. The van der Waals surface area contributed by atoms with Crippen molar-refractivity contribution in [2.24, 2.45) is 23.2 Å². The van der Waals surface area contributed by atoms with E-state index in [1.807, 2.05) is 18.2 Å². The van der Waals surface area contributed by atoms with E-state index in [9.17, 15) is 4.79 Å². The van der Waals surface area contributed by atoms with Gasteiger partial charge in [-0.05, 0) is 79.9 Å². The first-order chi connectivity index (χ1) is 11.2. The van der Waals surface area contributed by atoms with Crippen LogP contribution in [0, 0.1) is 23.2 Å². The lowest BCUT2D eigenvalue weighted by atomic mass is 9.49. The highest BCUT2D eigenvalue weighted by atomic mass is 16.1. The van der Waals surface area contributed by atoms with Gasteiger partial charge in [-0.3, -0.25) is 9.89 Å². The van der Waals surface area contributed by atoms with Gasteiger partial charge in [-0.1, -0.05) is 0 Å². The van der Waals surface area contributed by atoms with Gasteiger partial charge in [-0.2, -0.15) is 5.10 Å². The van der Waals surface area contributed by atoms with Crippen molar-refractivity contribution < 1.29 is 4.79 Å². The molecular formula is C19H23N3O. The number of hydrogen-bond donors (Lipinski definition) is 2. The Bertz CT molecular complexity index is 728. The summed E-state index contributed by atoms with van der Waals surface area (Å²) in [5.41, 5.74) is 2.14. The highest BCUT2D eigenvalue weighted by Crippen LogP contribution is 2.61. The van der Waals surface area contributed by atoms with Gasteiger partial charge in [0.25, 0.3) is 0 Å². The quantitative estimate of drug-likeness (QED) is 0.896. The molecule has 4 aliphatic carbocycles. The summed E-state index contributed by atoms with van der Waals surface area (Å²) < 4.78 is 0. The third-order valence-corrected chi connectivity index (χ3v) is 6.43. The number of benzene rings is 1. The smallest absolute Gasteiger partial charge is 0.224 e. The van der Waals surface area contributed by atoms with Crippen LogP contribution in [0.15, 0.2) is 24.4 Å². The van der Waals surface area contributed by atoms with E-state index in [-0.39, 0.29) is 5.91 Å². The Hall–Kier alpha value is -1.84. The maximum absolute atomic E-state index is 12.6. The van der Waals surface area contributed by atoms with Crippen molar-refractivity contribution in [3.8, 4) is 0 Å². The SMILES string of the molecule is O=C(CC12CC3CC(CC(C3)C1)C2)Nc1ccc2cn[nH]c2c1. The van der Waals surface area contributed by atoms with Gasteiger partial charge in [0, 0.05) is 17.5 Å². The fourth-order valence-corrected chi connectivity index (χ4v) is 6.07. The lowest BCUT2D eigenvalue weighted by Gasteiger charge is -2.56. The van der Waals surface area contributed by atoms with Crippen molar-refractivity contribution in [1.29, 1.82) is 0 Å². The van der Waals surface area contributed by atoms with E-state index in [1.165, 1.54) is 38.5 Å². The normalized spacial score (nSPS) is 34.9. The number of nitrogens with one attached hydrogen (secondary N) is 2. The molecule has 0 unspecified atom stereocenters. The molecule has 4 saturated carbocycles. The highest BCUT2D eigenvalue weighted by Gasteiger charge is 2.51. The van der Waals surface area contributed by atoms with Gasteiger partial charge in [0.1, 0.15) is 0 Å². The number of aromatic amines is 1. The van der Waals surface area contributed by atoms with E-state index >= 15 is 0 Å². The summed E-state index contributed by atoms with van der Waals surface area (Å²) in [7, 11) is 0. The van der Waals surface area contributed by atoms with E-state index in [4.69, 9.17) is 0 Å². The second-order valence-electron chi connectivity index (χ2n) is 8.31. The van der Waals surface area contributed by atoms with Crippen LogP contribution >= 0.6 is 0 Å². The number of amides is 1. The second-order valence-corrected chi connectivity index (χ2v) is 8.31. The summed E-state index contributed by atoms with van der Waals surface area (Å²) in [6.45, 7) is 0. The third-order valence-electron chi connectivity index (χ3n) is 6.43. The first kappa shape index (κ1) is 13.6. The van der Waals surface area contributed by atoms with Gasteiger partial charge in [-0.15, -0.1) is 0 Å². The maximum Gasteiger partial charge on any atom is 0.224 e. The van der Waals surface area contributed by atoms with Crippen LogP contribution in [0.4, 0.5) is 5.69 Å². The van der Waals surface area contributed by atoms with E-state index in [1.54, 1.807) is 6.20 Å². The maximum atomic E-state index is 12.6. The minimum Gasteiger partial charge on any atom is -0.326 e. The van der Waals surface area contributed by atoms with Crippen LogP contribution in [0.3, 0.4) is 0 Å². The van der Waals surface area contributed by atoms with E-state index in [0.29, 0.717) is 11.8 Å².